The van der Waals surface area contributed by atoms with Gasteiger partial charge in [-0.05, 0) is 18.7 Å². The molecule has 1 aromatic heterocycles. The van der Waals surface area contributed by atoms with E-state index in [2.05, 4.69) is 39.7 Å². The Morgan fingerprint density at radius 1 is 1.44 bits per heavy atom. The van der Waals surface area contributed by atoms with E-state index in [4.69, 9.17) is 0 Å². The first kappa shape index (κ1) is 11.7. The van der Waals surface area contributed by atoms with Gasteiger partial charge in [0.25, 0.3) is 0 Å². The SMILES string of the molecule is CNCc1ncn(CC2CSc3ccccc32)n1. The lowest BCUT2D eigenvalue weighted by molar-refractivity contribution is 0.541. The third kappa shape index (κ3) is 2.28. The zero-order valence-corrected chi connectivity index (χ0v) is 11.2. The molecule has 4 nitrogen and oxygen atoms in total. The summed E-state index contributed by atoms with van der Waals surface area (Å²) in [7, 11) is 1.91. The zero-order valence-electron chi connectivity index (χ0n) is 10.3. The van der Waals surface area contributed by atoms with Crippen LogP contribution in [0.25, 0.3) is 0 Å². The third-order valence-electron chi connectivity index (χ3n) is 3.13. The molecule has 1 aliphatic rings. The number of aromatic nitrogens is 3. The molecule has 1 N–H and O–H groups in total. The van der Waals surface area contributed by atoms with E-state index < -0.39 is 0 Å². The molecular formula is C13H16N4S. The second-order valence-electron chi connectivity index (χ2n) is 4.46. The number of nitrogens with zero attached hydrogens (tertiary/aromatic N) is 3. The minimum absolute atomic E-state index is 0.551. The van der Waals surface area contributed by atoms with Crippen LogP contribution in [0.3, 0.4) is 0 Å². The number of hydrogen-bond donors (Lipinski definition) is 1. The van der Waals surface area contributed by atoms with Crippen LogP contribution in [0.15, 0.2) is 35.5 Å². The van der Waals surface area contributed by atoms with Crippen molar-refractivity contribution in [3.8, 4) is 0 Å². The highest BCUT2D eigenvalue weighted by Crippen LogP contribution is 2.39. The van der Waals surface area contributed by atoms with Gasteiger partial charge < -0.3 is 5.32 Å². The quantitative estimate of drug-likeness (QED) is 0.911. The van der Waals surface area contributed by atoms with E-state index in [-0.39, 0.29) is 0 Å². The van der Waals surface area contributed by atoms with Crippen molar-refractivity contribution >= 4 is 11.8 Å². The number of benzene rings is 1. The summed E-state index contributed by atoms with van der Waals surface area (Å²) in [6, 6.07) is 8.65. The molecule has 3 rings (SSSR count). The van der Waals surface area contributed by atoms with Crippen LogP contribution < -0.4 is 5.32 Å². The average Bonchev–Trinajstić information content (AvgIpc) is 2.99. The van der Waals surface area contributed by atoms with Crippen molar-refractivity contribution < 1.29 is 0 Å². The molecule has 0 saturated carbocycles. The molecule has 1 atom stereocenters. The summed E-state index contributed by atoms with van der Waals surface area (Å²) in [6.07, 6.45) is 1.83. The molecule has 0 aliphatic carbocycles. The number of nitrogens with one attached hydrogen (secondary N) is 1. The maximum absolute atomic E-state index is 4.47. The number of thioether (sulfide) groups is 1. The molecule has 5 heteroatoms. The third-order valence-corrected chi connectivity index (χ3v) is 4.38. The lowest BCUT2D eigenvalue weighted by Gasteiger charge is -2.09. The second kappa shape index (κ2) is 5.12. The highest BCUT2D eigenvalue weighted by molar-refractivity contribution is 7.99. The Balaban J connectivity index is 1.73. The van der Waals surface area contributed by atoms with Crippen molar-refractivity contribution in [1.82, 2.24) is 20.1 Å². The first-order valence-corrected chi connectivity index (χ1v) is 7.10. The van der Waals surface area contributed by atoms with Crippen LogP contribution in [-0.2, 0) is 13.1 Å². The lowest BCUT2D eigenvalue weighted by Crippen LogP contribution is -2.11. The summed E-state index contributed by atoms with van der Waals surface area (Å²) >= 11 is 1.94. The first-order chi connectivity index (χ1) is 8.86. The van der Waals surface area contributed by atoms with Gasteiger partial charge in [-0.1, -0.05) is 18.2 Å². The highest BCUT2D eigenvalue weighted by atomic mass is 32.2. The summed E-state index contributed by atoms with van der Waals surface area (Å²) < 4.78 is 1.96. The lowest BCUT2D eigenvalue weighted by atomic mass is 10.0. The fraction of sp³-hybridized carbons (Fsp3) is 0.385. The van der Waals surface area contributed by atoms with Crippen LogP contribution in [0, 0.1) is 0 Å². The Kier molecular flexibility index (Phi) is 3.34. The molecule has 0 fully saturated rings. The van der Waals surface area contributed by atoms with E-state index in [0.29, 0.717) is 5.92 Å². The van der Waals surface area contributed by atoms with Crippen LogP contribution >= 0.6 is 11.8 Å². The normalized spacial score (nSPS) is 17.9. The molecule has 94 valence electrons. The van der Waals surface area contributed by atoms with Crippen molar-refractivity contribution in [1.29, 1.82) is 0 Å². The highest BCUT2D eigenvalue weighted by Gasteiger charge is 2.23. The monoisotopic (exact) mass is 260 g/mol. The Morgan fingerprint density at radius 2 is 2.33 bits per heavy atom. The minimum atomic E-state index is 0.551. The molecule has 1 unspecified atom stereocenters. The first-order valence-electron chi connectivity index (χ1n) is 6.11. The molecule has 0 spiro atoms. The van der Waals surface area contributed by atoms with Gasteiger partial charge in [-0.25, -0.2) is 4.98 Å². The fourth-order valence-corrected chi connectivity index (χ4v) is 3.51. The van der Waals surface area contributed by atoms with Crippen LogP contribution in [-0.4, -0.2) is 27.6 Å². The smallest absolute Gasteiger partial charge is 0.164 e. The summed E-state index contributed by atoms with van der Waals surface area (Å²) in [5.41, 5.74) is 1.45. The van der Waals surface area contributed by atoms with Gasteiger partial charge in [0.05, 0.1) is 13.1 Å². The van der Waals surface area contributed by atoms with Gasteiger partial charge >= 0.3 is 0 Å². The van der Waals surface area contributed by atoms with Gasteiger partial charge in [-0.15, -0.1) is 11.8 Å². The standard InChI is InChI=1S/C13H16N4S/c1-14-6-13-15-9-17(16-13)7-10-8-18-12-5-3-2-4-11(10)12/h2-5,9-10,14H,6-8H2,1H3. The molecule has 2 aromatic rings. The predicted octanol–water partition coefficient (Wildman–Crippen LogP) is 1.89. The maximum atomic E-state index is 4.47. The zero-order chi connectivity index (χ0) is 12.4. The molecule has 0 bridgehead atoms. The van der Waals surface area contributed by atoms with Gasteiger partial charge in [0, 0.05) is 16.6 Å². The number of rotatable bonds is 4. The molecule has 1 aliphatic heterocycles. The van der Waals surface area contributed by atoms with Crippen molar-refractivity contribution in [2.24, 2.45) is 0 Å². The van der Waals surface area contributed by atoms with Crippen molar-refractivity contribution in [2.75, 3.05) is 12.8 Å². The van der Waals surface area contributed by atoms with E-state index in [1.807, 2.05) is 29.8 Å². The largest absolute Gasteiger partial charge is 0.313 e. The molecule has 0 radical (unpaired) electrons. The Bertz CT molecular complexity index is 537. The van der Waals surface area contributed by atoms with Crippen LogP contribution in [0.4, 0.5) is 0 Å². The summed E-state index contributed by atoms with van der Waals surface area (Å²) in [4.78, 5) is 5.70. The minimum Gasteiger partial charge on any atom is -0.313 e. The van der Waals surface area contributed by atoms with Crippen molar-refractivity contribution in [3.63, 3.8) is 0 Å². The molecule has 2 heterocycles. The van der Waals surface area contributed by atoms with E-state index >= 15 is 0 Å². The van der Waals surface area contributed by atoms with E-state index in [9.17, 15) is 0 Å². The van der Waals surface area contributed by atoms with Gasteiger partial charge in [0.1, 0.15) is 6.33 Å². The van der Waals surface area contributed by atoms with Gasteiger partial charge in [-0.2, -0.15) is 5.10 Å². The predicted molar refractivity (Wildman–Crippen MR) is 72.7 cm³/mol. The number of hydrogen-bond acceptors (Lipinski definition) is 4. The number of fused-ring (bicyclic) bond motifs is 1. The summed E-state index contributed by atoms with van der Waals surface area (Å²) in [5, 5.41) is 7.53. The molecule has 1 aromatic carbocycles. The average molecular weight is 260 g/mol. The Labute approximate surface area is 111 Å². The summed E-state index contributed by atoms with van der Waals surface area (Å²) in [6.45, 7) is 1.64. The molecule has 0 saturated heterocycles. The van der Waals surface area contributed by atoms with E-state index in [1.54, 1.807) is 0 Å². The van der Waals surface area contributed by atoms with Crippen LogP contribution in [0.1, 0.15) is 17.3 Å². The van der Waals surface area contributed by atoms with Gasteiger partial charge in [-0.3, -0.25) is 4.68 Å². The molecule has 18 heavy (non-hydrogen) atoms. The fourth-order valence-electron chi connectivity index (χ4n) is 2.27. The van der Waals surface area contributed by atoms with E-state index in [1.165, 1.54) is 10.5 Å². The maximum Gasteiger partial charge on any atom is 0.164 e. The topological polar surface area (TPSA) is 42.7 Å². The van der Waals surface area contributed by atoms with Gasteiger partial charge in [0.2, 0.25) is 0 Å². The molecule has 0 amide bonds. The molecular weight excluding hydrogens is 244 g/mol. The Morgan fingerprint density at radius 3 is 3.22 bits per heavy atom. The van der Waals surface area contributed by atoms with Crippen molar-refractivity contribution in [2.45, 2.75) is 23.9 Å². The summed E-state index contributed by atoms with van der Waals surface area (Å²) in [5.74, 6) is 2.55. The van der Waals surface area contributed by atoms with Crippen LogP contribution in [0.5, 0.6) is 0 Å². The van der Waals surface area contributed by atoms with Gasteiger partial charge in [0.15, 0.2) is 5.82 Å². The van der Waals surface area contributed by atoms with E-state index in [0.717, 1.165) is 24.7 Å². The van der Waals surface area contributed by atoms with Crippen molar-refractivity contribution in [3.05, 3.63) is 42.0 Å². The van der Waals surface area contributed by atoms with Crippen LogP contribution in [0.2, 0.25) is 0 Å². The Hall–Kier alpha value is -1.33. The second-order valence-corrected chi connectivity index (χ2v) is 5.52.